The van der Waals surface area contributed by atoms with Crippen molar-refractivity contribution in [3.63, 3.8) is 0 Å². The number of hydrogen-bond donors (Lipinski definition) is 0. The van der Waals surface area contributed by atoms with Crippen LogP contribution in [-0.2, 0) is 11.9 Å². The minimum Gasteiger partial charge on any atom is -0.383 e. The van der Waals surface area contributed by atoms with Gasteiger partial charge in [-0.05, 0) is 44.0 Å². The Morgan fingerprint density at radius 3 is 2.47 bits per heavy atom. The van der Waals surface area contributed by atoms with Gasteiger partial charge in [-0.15, -0.1) is 5.11 Å². The van der Waals surface area contributed by atoms with Gasteiger partial charge in [0.2, 0.25) is 5.95 Å². The van der Waals surface area contributed by atoms with Crippen molar-refractivity contribution in [2.24, 2.45) is 17.4 Å². The maximum Gasteiger partial charge on any atom is 0.270 e. The molecule has 1 saturated carbocycles. The molecule has 0 unspecified atom stereocenters. The SMILES string of the molecule is CN(c1c(C#N)c(=O)n(C)c2ccc(C#N)nc12)C1CCCCC1.CON=Nc1ccc(F)nc1C. The first-order valence-electron chi connectivity index (χ1n) is 11.5. The van der Waals surface area contributed by atoms with Crippen molar-refractivity contribution < 1.29 is 9.23 Å². The van der Waals surface area contributed by atoms with Crippen LogP contribution in [0.3, 0.4) is 0 Å². The average Bonchev–Trinajstić information content (AvgIpc) is 2.90. The molecular weight excluding hydrogens is 463 g/mol. The number of aryl methyl sites for hydroxylation is 2. The summed E-state index contributed by atoms with van der Waals surface area (Å²) in [5, 5.41) is 25.7. The van der Waals surface area contributed by atoms with E-state index in [1.807, 2.05) is 18.0 Å². The first-order chi connectivity index (χ1) is 17.3. The van der Waals surface area contributed by atoms with Crippen LogP contribution in [0.4, 0.5) is 15.8 Å². The average molecular weight is 491 g/mol. The number of halogens is 1. The lowest BCUT2D eigenvalue weighted by molar-refractivity contribution is 0.190. The predicted octanol–water partition coefficient (Wildman–Crippen LogP) is 4.62. The molecule has 0 bridgehead atoms. The topological polar surface area (TPSA) is 133 Å². The summed E-state index contributed by atoms with van der Waals surface area (Å²) in [5.74, 6) is -0.524. The van der Waals surface area contributed by atoms with E-state index in [9.17, 15) is 14.4 Å². The zero-order valence-electron chi connectivity index (χ0n) is 20.7. The maximum absolute atomic E-state index is 12.6. The van der Waals surface area contributed by atoms with Crippen molar-refractivity contribution >= 4 is 22.4 Å². The Morgan fingerprint density at radius 1 is 1.14 bits per heavy atom. The Balaban J connectivity index is 0.000000253. The van der Waals surface area contributed by atoms with E-state index in [-0.39, 0.29) is 22.9 Å². The number of pyridine rings is 3. The molecule has 0 N–H and O–H groups in total. The van der Waals surface area contributed by atoms with Crippen LogP contribution in [0.5, 0.6) is 0 Å². The standard InChI is InChI=1S/C18H19N5O.C7H8FN3O/c1-22(13-6-4-3-5-7-13)17-14(11-20)18(24)23(2)15-9-8-12(10-19)21-16(15)17;1-5-6(10-11-12-2)3-4-7(8)9-5/h8-9,13H,3-7H2,1-2H3;3-4H,1-2H3. The number of fused-ring (bicyclic) bond motifs is 1. The van der Waals surface area contributed by atoms with Crippen LogP contribution in [0, 0.1) is 35.5 Å². The number of hydrogen-bond acceptors (Lipinski definition) is 9. The fourth-order valence-corrected chi connectivity index (χ4v) is 4.26. The first-order valence-corrected chi connectivity index (χ1v) is 11.5. The zero-order chi connectivity index (χ0) is 26.2. The summed E-state index contributed by atoms with van der Waals surface area (Å²) in [7, 11) is 4.94. The summed E-state index contributed by atoms with van der Waals surface area (Å²) in [4.78, 5) is 26.9. The van der Waals surface area contributed by atoms with Gasteiger partial charge in [0, 0.05) is 25.4 Å². The normalized spacial score (nSPS) is 13.5. The van der Waals surface area contributed by atoms with E-state index in [0.29, 0.717) is 28.1 Å². The minimum absolute atomic E-state index is 0.0978. The monoisotopic (exact) mass is 490 g/mol. The van der Waals surface area contributed by atoms with Gasteiger partial charge in [0.15, 0.2) is 0 Å². The molecule has 186 valence electrons. The summed E-state index contributed by atoms with van der Waals surface area (Å²) in [5.41, 5.74) is 2.77. The zero-order valence-corrected chi connectivity index (χ0v) is 20.7. The minimum atomic E-state index is -0.524. The summed E-state index contributed by atoms with van der Waals surface area (Å²) in [6, 6.07) is 10.4. The summed E-state index contributed by atoms with van der Waals surface area (Å²) < 4.78 is 13.9. The van der Waals surface area contributed by atoms with Crippen LogP contribution in [0.15, 0.2) is 39.5 Å². The molecule has 1 fully saturated rings. The first kappa shape index (κ1) is 26.2. The van der Waals surface area contributed by atoms with E-state index in [1.165, 1.54) is 30.2 Å². The van der Waals surface area contributed by atoms with Gasteiger partial charge in [0.25, 0.3) is 5.56 Å². The van der Waals surface area contributed by atoms with Crippen molar-refractivity contribution in [2.75, 3.05) is 19.1 Å². The Hall–Kier alpha value is -4.38. The van der Waals surface area contributed by atoms with Gasteiger partial charge in [0.05, 0.1) is 16.9 Å². The molecule has 0 spiro atoms. The second kappa shape index (κ2) is 11.8. The van der Waals surface area contributed by atoms with Crippen LogP contribution in [-0.4, -0.2) is 34.7 Å². The molecule has 11 heteroatoms. The second-order valence-corrected chi connectivity index (χ2v) is 8.38. The van der Waals surface area contributed by atoms with Gasteiger partial charge in [0.1, 0.15) is 41.7 Å². The molecule has 3 aromatic rings. The van der Waals surface area contributed by atoms with Gasteiger partial charge in [-0.25, -0.2) is 9.97 Å². The van der Waals surface area contributed by atoms with Crippen molar-refractivity contribution in [1.29, 1.82) is 10.5 Å². The molecule has 0 radical (unpaired) electrons. The lowest BCUT2D eigenvalue weighted by Crippen LogP contribution is -2.36. The molecule has 0 saturated heterocycles. The van der Waals surface area contributed by atoms with E-state index in [1.54, 1.807) is 26.1 Å². The summed E-state index contributed by atoms with van der Waals surface area (Å²) in [6.07, 6.45) is 5.60. The van der Waals surface area contributed by atoms with Gasteiger partial charge in [-0.1, -0.05) is 19.3 Å². The van der Waals surface area contributed by atoms with Crippen LogP contribution >= 0.6 is 0 Å². The molecule has 3 heterocycles. The van der Waals surface area contributed by atoms with Crippen LogP contribution in [0.1, 0.15) is 49.1 Å². The third kappa shape index (κ3) is 5.63. The predicted molar refractivity (Wildman–Crippen MR) is 132 cm³/mol. The molecule has 0 aliphatic heterocycles. The number of anilines is 1. The molecule has 0 atom stereocenters. The lowest BCUT2D eigenvalue weighted by atomic mass is 9.93. The lowest BCUT2D eigenvalue weighted by Gasteiger charge is -2.33. The van der Waals surface area contributed by atoms with Crippen molar-refractivity contribution in [3.8, 4) is 12.1 Å². The molecule has 0 aromatic carbocycles. The molecule has 36 heavy (non-hydrogen) atoms. The summed E-state index contributed by atoms with van der Waals surface area (Å²) >= 11 is 0. The molecule has 0 amide bonds. The summed E-state index contributed by atoms with van der Waals surface area (Å²) in [6.45, 7) is 1.65. The van der Waals surface area contributed by atoms with E-state index < -0.39 is 5.95 Å². The Morgan fingerprint density at radius 2 is 1.86 bits per heavy atom. The van der Waals surface area contributed by atoms with Gasteiger partial charge in [-0.2, -0.15) is 14.9 Å². The molecule has 4 rings (SSSR count). The molecule has 1 aliphatic carbocycles. The number of rotatable bonds is 4. The van der Waals surface area contributed by atoms with Gasteiger partial charge in [-0.3, -0.25) is 4.79 Å². The maximum atomic E-state index is 12.6. The third-order valence-electron chi connectivity index (χ3n) is 6.17. The number of aromatic nitrogens is 3. The Kier molecular flexibility index (Phi) is 8.63. The van der Waals surface area contributed by atoms with Crippen LogP contribution in [0.2, 0.25) is 0 Å². The van der Waals surface area contributed by atoms with E-state index in [0.717, 1.165) is 25.7 Å². The molecular formula is C25H27FN8O2. The highest BCUT2D eigenvalue weighted by molar-refractivity contribution is 5.92. The second-order valence-electron chi connectivity index (χ2n) is 8.38. The van der Waals surface area contributed by atoms with Crippen molar-refractivity contribution in [2.45, 2.75) is 45.1 Å². The molecule has 1 aliphatic rings. The van der Waals surface area contributed by atoms with E-state index in [2.05, 4.69) is 31.3 Å². The van der Waals surface area contributed by atoms with E-state index >= 15 is 0 Å². The highest BCUT2D eigenvalue weighted by atomic mass is 19.1. The van der Waals surface area contributed by atoms with Crippen molar-refractivity contribution in [1.82, 2.24) is 14.5 Å². The largest absolute Gasteiger partial charge is 0.383 e. The van der Waals surface area contributed by atoms with Crippen molar-refractivity contribution in [3.05, 3.63) is 57.5 Å². The van der Waals surface area contributed by atoms with Crippen LogP contribution in [0.25, 0.3) is 11.0 Å². The molecule has 3 aromatic heterocycles. The fraction of sp³-hybridized carbons (Fsp3) is 0.400. The number of nitrogens with zero attached hydrogens (tertiary/aromatic N) is 8. The van der Waals surface area contributed by atoms with Gasteiger partial charge >= 0.3 is 0 Å². The Labute approximate surface area is 208 Å². The quantitative estimate of drug-likeness (QED) is 0.296. The number of nitriles is 2. The van der Waals surface area contributed by atoms with E-state index in [4.69, 9.17) is 5.26 Å². The van der Waals surface area contributed by atoms with Crippen LogP contribution < -0.4 is 10.5 Å². The third-order valence-corrected chi connectivity index (χ3v) is 6.17. The highest BCUT2D eigenvalue weighted by Crippen LogP contribution is 2.32. The Bertz CT molecular complexity index is 1410. The fourth-order valence-electron chi connectivity index (χ4n) is 4.26. The molecule has 10 nitrogen and oxygen atoms in total. The van der Waals surface area contributed by atoms with Gasteiger partial charge < -0.3 is 14.3 Å². The highest BCUT2D eigenvalue weighted by Gasteiger charge is 2.25. The smallest absolute Gasteiger partial charge is 0.270 e.